The van der Waals surface area contributed by atoms with E-state index < -0.39 is 5.60 Å². The highest BCUT2D eigenvalue weighted by Gasteiger charge is 2.52. The molecule has 3 rings (SSSR count). The molecule has 1 heterocycles. The summed E-state index contributed by atoms with van der Waals surface area (Å²) in [6, 6.07) is 17.4. The van der Waals surface area contributed by atoms with Gasteiger partial charge in [0.05, 0.1) is 5.56 Å². The summed E-state index contributed by atoms with van der Waals surface area (Å²) in [5, 5.41) is 0. The van der Waals surface area contributed by atoms with Crippen LogP contribution in [0.5, 0.6) is 0 Å². The standard InChI is InChI=1S/C22H24O3/c1-3-4-10-18(15-16(2)23)22(17-11-6-5-7-12-17)20-14-9-8-13-19(20)21(24)25-22/h5-9,11-14,18H,3-4,10,15H2,1-2H3/t18-,22+/m1/s1. The van der Waals surface area contributed by atoms with Gasteiger partial charge in [0.1, 0.15) is 5.78 Å². The number of carbonyl (C=O) groups is 2. The number of ketones is 1. The first-order valence-corrected chi connectivity index (χ1v) is 8.97. The maximum absolute atomic E-state index is 12.6. The molecule has 0 radical (unpaired) electrons. The Bertz CT molecular complexity index is 766. The van der Waals surface area contributed by atoms with E-state index in [4.69, 9.17) is 4.74 Å². The number of esters is 1. The highest BCUT2D eigenvalue weighted by atomic mass is 16.6. The molecular weight excluding hydrogens is 312 g/mol. The number of benzene rings is 2. The van der Waals surface area contributed by atoms with Crippen molar-refractivity contribution in [3.05, 3.63) is 71.3 Å². The van der Waals surface area contributed by atoms with Crippen LogP contribution in [0.2, 0.25) is 0 Å². The topological polar surface area (TPSA) is 43.4 Å². The molecule has 0 aliphatic carbocycles. The molecular formula is C22H24O3. The Hall–Kier alpha value is -2.42. The van der Waals surface area contributed by atoms with E-state index in [1.807, 2.05) is 54.6 Å². The van der Waals surface area contributed by atoms with Crippen molar-refractivity contribution in [1.82, 2.24) is 0 Å². The second kappa shape index (κ2) is 7.22. The zero-order valence-electron chi connectivity index (χ0n) is 14.8. The molecule has 0 spiro atoms. The molecule has 0 bridgehead atoms. The lowest BCUT2D eigenvalue weighted by atomic mass is 9.72. The zero-order chi connectivity index (χ0) is 17.9. The Kier molecular flexibility index (Phi) is 5.03. The molecule has 2 atom stereocenters. The van der Waals surface area contributed by atoms with Crippen LogP contribution in [-0.4, -0.2) is 11.8 Å². The van der Waals surface area contributed by atoms with E-state index in [9.17, 15) is 9.59 Å². The van der Waals surface area contributed by atoms with Crippen LogP contribution < -0.4 is 0 Å². The largest absolute Gasteiger partial charge is 0.445 e. The number of ether oxygens (including phenoxy) is 1. The molecule has 0 saturated carbocycles. The monoisotopic (exact) mass is 336 g/mol. The lowest BCUT2D eigenvalue weighted by Crippen LogP contribution is -2.38. The molecule has 3 nitrogen and oxygen atoms in total. The predicted octanol–water partition coefficient (Wildman–Crippen LogP) is 4.89. The fourth-order valence-electron chi connectivity index (χ4n) is 3.93. The number of hydrogen-bond acceptors (Lipinski definition) is 3. The Morgan fingerprint density at radius 3 is 2.44 bits per heavy atom. The minimum absolute atomic E-state index is 0.0695. The van der Waals surface area contributed by atoms with Gasteiger partial charge in [-0.1, -0.05) is 68.3 Å². The van der Waals surface area contributed by atoms with Gasteiger partial charge in [-0.05, 0) is 19.4 Å². The van der Waals surface area contributed by atoms with Gasteiger partial charge in [0.25, 0.3) is 0 Å². The molecule has 130 valence electrons. The van der Waals surface area contributed by atoms with Gasteiger partial charge in [-0.15, -0.1) is 0 Å². The summed E-state index contributed by atoms with van der Waals surface area (Å²) in [7, 11) is 0. The van der Waals surface area contributed by atoms with Crippen molar-refractivity contribution in [2.45, 2.75) is 45.1 Å². The minimum atomic E-state index is -0.879. The molecule has 2 aromatic carbocycles. The van der Waals surface area contributed by atoms with Crippen molar-refractivity contribution in [3.8, 4) is 0 Å². The molecule has 0 amide bonds. The number of unbranched alkanes of at least 4 members (excludes halogenated alkanes) is 1. The van der Waals surface area contributed by atoms with Crippen molar-refractivity contribution in [1.29, 1.82) is 0 Å². The van der Waals surface area contributed by atoms with Gasteiger partial charge in [-0.2, -0.15) is 0 Å². The normalized spacial score (nSPS) is 20.0. The summed E-state index contributed by atoms with van der Waals surface area (Å²) in [5.41, 5.74) is 1.55. The van der Waals surface area contributed by atoms with E-state index >= 15 is 0 Å². The number of rotatable bonds is 7. The van der Waals surface area contributed by atoms with Gasteiger partial charge in [-0.25, -0.2) is 4.79 Å². The quantitative estimate of drug-likeness (QED) is 0.676. The molecule has 3 heteroatoms. The van der Waals surface area contributed by atoms with Crippen LogP contribution >= 0.6 is 0 Å². The number of hydrogen-bond donors (Lipinski definition) is 0. The van der Waals surface area contributed by atoms with Crippen LogP contribution in [0.1, 0.15) is 61.0 Å². The third-order valence-electron chi connectivity index (χ3n) is 5.02. The fraction of sp³-hybridized carbons (Fsp3) is 0.364. The zero-order valence-corrected chi connectivity index (χ0v) is 14.8. The summed E-state index contributed by atoms with van der Waals surface area (Å²) in [5.74, 6) is -0.249. The van der Waals surface area contributed by atoms with Crippen LogP contribution in [0.15, 0.2) is 54.6 Å². The molecule has 1 aliphatic rings. The third kappa shape index (κ3) is 3.11. The lowest BCUT2D eigenvalue weighted by Gasteiger charge is -2.37. The summed E-state index contributed by atoms with van der Waals surface area (Å²) < 4.78 is 6.07. The third-order valence-corrected chi connectivity index (χ3v) is 5.02. The molecule has 0 fully saturated rings. The first-order valence-electron chi connectivity index (χ1n) is 8.97. The summed E-state index contributed by atoms with van der Waals surface area (Å²) in [6.07, 6.45) is 3.27. The highest BCUT2D eigenvalue weighted by Crippen LogP contribution is 2.49. The van der Waals surface area contributed by atoms with Crippen molar-refractivity contribution >= 4 is 11.8 Å². The van der Waals surface area contributed by atoms with E-state index in [2.05, 4.69) is 6.92 Å². The van der Waals surface area contributed by atoms with E-state index in [1.165, 1.54) is 0 Å². The summed E-state index contributed by atoms with van der Waals surface area (Å²) in [6.45, 7) is 3.74. The average Bonchev–Trinajstić information content (AvgIpc) is 2.93. The van der Waals surface area contributed by atoms with E-state index in [-0.39, 0.29) is 17.7 Å². The Morgan fingerprint density at radius 2 is 1.76 bits per heavy atom. The number of carbonyl (C=O) groups excluding carboxylic acids is 2. The number of Topliss-reactive ketones (excluding diaryl/α,β-unsaturated/α-hetero) is 1. The van der Waals surface area contributed by atoms with Crippen molar-refractivity contribution in [2.75, 3.05) is 0 Å². The predicted molar refractivity (Wildman–Crippen MR) is 97.4 cm³/mol. The van der Waals surface area contributed by atoms with Gasteiger partial charge in [0.15, 0.2) is 5.60 Å². The molecule has 0 saturated heterocycles. The average molecular weight is 336 g/mol. The summed E-state index contributed by atoms with van der Waals surface area (Å²) in [4.78, 5) is 24.6. The smallest absolute Gasteiger partial charge is 0.339 e. The highest BCUT2D eigenvalue weighted by molar-refractivity contribution is 5.95. The van der Waals surface area contributed by atoms with Gasteiger partial charge in [0, 0.05) is 23.5 Å². The van der Waals surface area contributed by atoms with Gasteiger partial charge in [0.2, 0.25) is 0 Å². The Morgan fingerprint density at radius 1 is 1.08 bits per heavy atom. The van der Waals surface area contributed by atoms with Crippen LogP contribution in [0.4, 0.5) is 0 Å². The number of cyclic esters (lactones) is 1. The maximum atomic E-state index is 12.6. The van der Waals surface area contributed by atoms with Gasteiger partial charge < -0.3 is 9.53 Å². The molecule has 2 aromatic rings. The minimum Gasteiger partial charge on any atom is -0.445 e. The maximum Gasteiger partial charge on any atom is 0.339 e. The molecule has 0 aromatic heterocycles. The van der Waals surface area contributed by atoms with Gasteiger partial charge in [-0.3, -0.25) is 0 Å². The second-order valence-corrected chi connectivity index (χ2v) is 6.78. The van der Waals surface area contributed by atoms with Crippen LogP contribution in [0.3, 0.4) is 0 Å². The van der Waals surface area contributed by atoms with Gasteiger partial charge >= 0.3 is 5.97 Å². The molecule has 0 N–H and O–H groups in total. The molecule has 25 heavy (non-hydrogen) atoms. The van der Waals surface area contributed by atoms with E-state index in [1.54, 1.807) is 6.92 Å². The van der Waals surface area contributed by atoms with Crippen molar-refractivity contribution < 1.29 is 14.3 Å². The first-order chi connectivity index (χ1) is 12.1. The Balaban J connectivity index is 2.20. The number of fused-ring (bicyclic) bond motifs is 1. The van der Waals surface area contributed by atoms with E-state index in [0.29, 0.717) is 12.0 Å². The van der Waals surface area contributed by atoms with Crippen molar-refractivity contribution in [2.24, 2.45) is 5.92 Å². The molecule has 0 unspecified atom stereocenters. The SMILES string of the molecule is CCCC[C@H](CC(C)=O)[C@]1(c2ccccc2)OC(=O)c2ccccc21. The van der Waals surface area contributed by atoms with Crippen molar-refractivity contribution in [3.63, 3.8) is 0 Å². The van der Waals surface area contributed by atoms with Crippen LogP contribution in [0.25, 0.3) is 0 Å². The lowest BCUT2D eigenvalue weighted by molar-refractivity contribution is -0.120. The Labute approximate surface area is 149 Å². The fourth-order valence-corrected chi connectivity index (χ4v) is 3.93. The second-order valence-electron chi connectivity index (χ2n) is 6.78. The summed E-state index contributed by atoms with van der Waals surface area (Å²) >= 11 is 0. The van der Waals surface area contributed by atoms with E-state index in [0.717, 1.165) is 30.4 Å². The van der Waals surface area contributed by atoms with Crippen LogP contribution in [-0.2, 0) is 15.1 Å². The molecule has 1 aliphatic heterocycles. The first kappa shape index (κ1) is 17.4. The van der Waals surface area contributed by atoms with Crippen LogP contribution in [0, 0.1) is 5.92 Å².